The van der Waals surface area contributed by atoms with Crippen molar-refractivity contribution in [2.24, 2.45) is 0 Å². The summed E-state index contributed by atoms with van der Waals surface area (Å²) >= 11 is 7.15. The van der Waals surface area contributed by atoms with Gasteiger partial charge in [-0.05, 0) is 35.9 Å². The maximum atomic E-state index is 12.9. The molecule has 0 bridgehead atoms. The summed E-state index contributed by atoms with van der Waals surface area (Å²) in [6.45, 7) is 4.24. The highest BCUT2D eigenvalue weighted by molar-refractivity contribution is 7.99. The Labute approximate surface area is 170 Å². The molecular weight excluding hydrogens is 401 g/mol. The van der Waals surface area contributed by atoms with E-state index in [0.29, 0.717) is 27.6 Å². The molecule has 0 aliphatic rings. The van der Waals surface area contributed by atoms with Gasteiger partial charge in [0.05, 0.1) is 16.7 Å². The highest BCUT2D eigenvalue weighted by atomic mass is 35.5. The van der Waals surface area contributed by atoms with Crippen LogP contribution in [0, 0.1) is 5.82 Å². The first kappa shape index (κ1) is 20.1. The molecule has 0 fully saturated rings. The lowest BCUT2D eigenvalue weighted by molar-refractivity contribution is -0.118. The van der Waals surface area contributed by atoms with Crippen molar-refractivity contribution in [1.29, 1.82) is 0 Å². The maximum absolute atomic E-state index is 12.9. The Kier molecular flexibility index (Phi) is 6.49. The maximum Gasteiger partial charge on any atom is 0.262 e. The van der Waals surface area contributed by atoms with Crippen LogP contribution < -0.4 is 10.9 Å². The number of carbonyl (C=O) groups excluding carboxylic acids is 1. The molecule has 0 saturated heterocycles. The molecule has 0 saturated carbocycles. The zero-order valence-corrected chi connectivity index (χ0v) is 16.4. The van der Waals surface area contributed by atoms with E-state index in [1.165, 1.54) is 16.7 Å². The molecule has 1 heterocycles. The van der Waals surface area contributed by atoms with Crippen molar-refractivity contribution in [3.63, 3.8) is 0 Å². The number of amides is 1. The Morgan fingerprint density at radius 2 is 2.04 bits per heavy atom. The first-order valence-electron chi connectivity index (χ1n) is 8.43. The molecule has 0 unspecified atom stereocenters. The zero-order valence-electron chi connectivity index (χ0n) is 14.8. The number of rotatable bonds is 7. The lowest BCUT2D eigenvalue weighted by atomic mass is 10.2. The quantitative estimate of drug-likeness (QED) is 0.361. The van der Waals surface area contributed by atoms with Crippen LogP contribution in [0.3, 0.4) is 0 Å². The summed E-state index contributed by atoms with van der Waals surface area (Å²) in [5, 5.41) is 4.06. The van der Waals surface area contributed by atoms with Gasteiger partial charge in [0.1, 0.15) is 5.82 Å². The molecule has 0 spiro atoms. The van der Waals surface area contributed by atoms with Crippen LogP contribution in [0.15, 0.2) is 65.1 Å². The van der Waals surface area contributed by atoms with Crippen molar-refractivity contribution in [1.82, 2.24) is 14.9 Å². The van der Waals surface area contributed by atoms with Crippen LogP contribution in [-0.4, -0.2) is 21.2 Å². The predicted octanol–water partition coefficient (Wildman–Crippen LogP) is 3.78. The molecule has 3 aromatic rings. The van der Waals surface area contributed by atoms with Crippen LogP contribution in [0.2, 0.25) is 5.02 Å². The molecule has 2 aromatic carbocycles. The van der Waals surface area contributed by atoms with Crippen LogP contribution in [0.5, 0.6) is 0 Å². The van der Waals surface area contributed by atoms with E-state index in [-0.39, 0.29) is 29.6 Å². The van der Waals surface area contributed by atoms with Crippen molar-refractivity contribution in [3.05, 3.63) is 81.9 Å². The van der Waals surface area contributed by atoms with Gasteiger partial charge in [-0.1, -0.05) is 41.6 Å². The van der Waals surface area contributed by atoms with E-state index >= 15 is 0 Å². The molecule has 0 aliphatic heterocycles. The average Bonchev–Trinajstić information content (AvgIpc) is 2.69. The fourth-order valence-corrected chi connectivity index (χ4v) is 3.57. The minimum atomic E-state index is -0.325. The summed E-state index contributed by atoms with van der Waals surface area (Å²) in [7, 11) is 0. The molecule has 1 N–H and O–H groups in total. The fourth-order valence-electron chi connectivity index (χ4n) is 2.56. The number of nitrogens with zero attached hydrogens (tertiary/aromatic N) is 2. The predicted molar refractivity (Wildman–Crippen MR) is 110 cm³/mol. The number of allylic oxidation sites excluding steroid dienone is 1. The van der Waals surface area contributed by atoms with Gasteiger partial charge in [-0.3, -0.25) is 14.2 Å². The second-order valence-electron chi connectivity index (χ2n) is 5.95. The van der Waals surface area contributed by atoms with Gasteiger partial charge in [-0.15, -0.1) is 6.58 Å². The highest BCUT2D eigenvalue weighted by Gasteiger charge is 2.13. The van der Waals surface area contributed by atoms with E-state index in [4.69, 9.17) is 11.6 Å². The van der Waals surface area contributed by atoms with E-state index in [1.54, 1.807) is 36.4 Å². The SMILES string of the molecule is C=CCn1c(SCC(=O)NCc2ccc(F)cc2)nc2ccc(Cl)cc2c1=O. The van der Waals surface area contributed by atoms with Crippen molar-refractivity contribution < 1.29 is 9.18 Å². The number of carbonyl (C=O) groups is 1. The fraction of sp³-hybridized carbons (Fsp3) is 0.150. The van der Waals surface area contributed by atoms with Gasteiger partial charge >= 0.3 is 0 Å². The van der Waals surface area contributed by atoms with E-state index in [9.17, 15) is 14.0 Å². The average molecular weight is 418 g/mol. The van der Waals surface area contributed by atoms with E-state index in [1.807, 2.05) is 0 Å². The summed E-state index contributed by atoms with van der Waals surface area (Å²) < 4.78 is 14.4. The molecule has 1 aromatic heterocycles. The molecular formula is C20H17ClFN3O2S. The molecule has 0 radical (unpaired) electrons. The number of benzene rings is 2. The Balaban J connectivity index is 1.73. The lowest BCUT2D eigenvalue weighted by Crippen LogP contribution is -2.26. The molecule has 28 heavy (non-hydrogen) atoms. The first-order valence-corrected chi connectivity index (χ1v) is 9.79. The Morgan fingerprint density at radius 1 is 1.29 bits per heavy atom. The number of nitrogens with one attached hydrogen (secondary N) is 1. The third kappa shape index (κ3) is 4.79. The summed E-state index contributed by atoms with van der Waals surface area (Å²) in [6, 6.07) is 10.8. The van der Waals surface area contributed by atoms with Gasteiger partial charge in [0.2, 0.25) is 5.91 Å². The second-order valence-corrected chi connectivity index (χ2v) is 7.33. The van der Waals surface area contributed by atoms with E-state index < -0.39 is 0 Å². The summed E-state index contributed by atoms with van der Waals surface area (Å²) in [5.41, 5.74) is 1.08. The number of halogens is 2. The molecule has 8 heteroatoms. The molecule has 3 rings (SSSR count). The summed E-state index contributed by atoms with van der Waals surface area (Å²) in [5.74, 6) is -0.455. The summed E-state index contributed by atoms with van der Waals surface area (Å²) in [4.78, 5) is 29.4. The van der Waals surface area contributed by atoms with E-state index in [2.05, 4.69) is 16.9 Å². The highest BCUT2D eigenvalue weighted by Crippen LogP contribution is 2.20. The Hall–Kier alpha value is -2.64. The normalized spacial score (nSPS) is 10.8. The van der Waals surface area contributed by atoms with Gasteiger partial charge in [0.15, 0.2) is 5.16 Å². The standard InChI is InChI=1S/C20H17ClFN3O2S/c1-2-9-25-19(27)16-10-14(21)5-8-17(16)24-20(25)28-12-18(26)23-11-13-3-6-15(22)7-4-13/h2-8,10H,1,9,11-12H2,(H,23,26). The second kappa shape index (κ2) is 9.03. The number of thioether (sulfide) groups is 1. The zero-order chi connectivity index (χ0) is 20.1. The summed E-state index contributed by atoms with van der Waals surface area (Å²) in [6.07, 6.45) is 1.60. The van der Waals surface area contributed by atoms with Crippen LogP contribution >= 0.6 is 23.4 Å². The molecule has 0 atom stereocenters. The van der Waals surface area contributed by atoms with E-state index in [0.717, 1.165) is 17.3 Å². The number of fused-ring (bicyclic) bond motifs is 1. The topological polar surface area (TPSA) is 64.0 Å². The van der Waals surface area contributed by atoms with Crippen LogP contribution in [-0.2, 0) is 17.9 Å². The molecule has 5 nitrogen and oxygen atoms in total. The van der Waals surface area contributed by atoms with Crippen LogP contribution in [0.4, 0.5) is 4.39 Å². The van der Waals surface area contributed by atoms with Gasteiger partial charge in [0.25, 0.3) is 5.56 Å². The number of hydrogen-bond donors (Lipinski definition) is 1. The molecule has 0 aliphatic carbocycles. The van der Waals surface area contributed by atoms with Crippen molar-refractivity contribution in [3.8, 4) is 0 Å². The van der Waals surface area contributed by atoms with Crippen molar-refractivity contribution >= 4 is 40.2 Å². The third-order valence-corrected chi connectivity index (χ3v) is 5.14. The minimum Gasteiger partial charge on any atom is -0.351 e. The number of hydrogen-bond acceptors (Lipinski definition) is 4. The van der Waals surface area contributed by atoms with Gasteiger partial charge in [0, 0.05) is 18.1 Å². The minimum absolute atomic E-state index is 0.0872. The van der Waals surface area contributed by atoms with Crippen LogP contribution in [0.25, 0.3) is 10.9 Å². The Morgan fingerprint density at radius 3 is 2.75 bits per heavy atom. The third-order valence-electron chi connectivity index (χ3n) is 3.93. The largest absolute Gasteiger partial charge is 0.351 e. The lowest BCUT2D eigenvalue weighted by Gasteiger charge is -2.11. The van der Waals surface area contributed by atoms with Crippen molar-refractivity contribution in [2.45, 2.75) is 18.2 Å². The van der Waals surface area contributed by atoms with Crippen LogP contribution in [0.1, 0.15) is 5.56 Å². The van der Waals surface area contributed by atoms with Gasteiger partial charge in [-0.25, -0.2) is 9.37 Å². The monoisotopic (exact) mass is 417 g/mol. The number of aromatic nitrogens is 2. The van der Waals surface area contributed by atoms with Crippen molar-refractivity contribution in [2.75, 3.05) is 5.75 Å². The van der Waals surface area contributed by atoms with Gasteiger partial charge < -0.3 is 5.32 Å². The van der Waals surface area contributed by atoms with Gasteiger partial charge in [-0.2, -0.15) is 0 Å². The molecule has 144 valence electrons. The smallest absolute Gasteiger partial charge is 0.262 e. The first-order chi connectivity index (χ1) is 13.5. The molecule has 1 amide bonds. The Bertz CT molecular complexity index is 1080.